The third kappa shape index (κ3) is 1.78. The van der Waals surface area contributed by atoms with E-state index in [0.29, 0.717) is 11.3 Å². The molecule has 0 saturated carbocycles. The van der Waals surface area contributed by atoms with Crippen LogP contribution in [0.2, 0.25) is 0 Å². The van der Waals surface area contributed by atoms with Crippen LogP contribution < -0.4 is 5.73 Å². The van der Waals surface area contributed by atoms with E-state index in [4.69, 9.17) is 17.3 Å². The van der Waals surface area contributed by atoms with E-state index in [1.807, 2.05) is 0 Å². The Morgan fingerprint density at radius 1 is 1.53 bits per heavy atom. The lowest BCUT2D eigenvalue weighted by Gasteiger charge is -2.33. The van der Waals surface area contributed by atoms with Crippen molar-refractivity contribution < 1.29 is 13.6 Å². The number of halogens is 3. The number of aliphatic imine (C=N–C) groups is 1. The Labute approximate surface area is 112 Å². The second-order valence-electron chi connectivity index (χ2n) is 4.62. The summed E-state index contributed by atoms with van der Waals surface area (Å²) < 4.78 is 28.0. The Morgan fingerprint density at radius 2 is 2.26 bits per heavy atom. The normalized spacial score (nSPS) is 23.6. The maximum Gasteiger partial charge on any atom is 0.274 e. The average Bonchev–Trinajstić information content (AvgIpc) is 2.66. The lowest BCUT2D eigenvalue weighted by molar-refractivity contribution is -0.0249. The van der Waals surface area contributed by atoms with Gasteiger partial charge in [0.15, 0.2) is 5.96 Å². The molecule has 4 nitrogen and oxygen atoms in total. The number of fused-ring (bicyclic) bond motifs is 3. The van der Waals surface area contributed by atoms with Crippen molar-refractivity contribution in [3.63, 3.8) is 0 Å². The zero-order valence-corrected chi connectivity index (χ0v) is 10.5. The summed E-state index contributed by atoms with van der Waals surface area (Å²) in [4.78, 5) is 16.6. The number of carbonyl (C=O) groups is 1. The van der Waals surface area contributed by atoms with Gasteiger partial charge < -0.3 is 10.6 Å². The number of guanidine groups is 1. The highest BCUT2D eigenvalue weighted by molar-refractivity contribution is 6.67. The van der Waals surface area contributed by atoms with Gasteiger partial charge in [0.25, 0.3) is 11.2 Å². The number of hydrogen-bond acceptors (Lipinski definition) is 4. The van der Waals surface area contributed by atoms with Gasteiger partial charge in [-0.15, -0.1) is 0 Å². The minimum Gasteiger partial charge on any atom is -0.369 e. The third-order valence-corrected chi connectivity index (χ3v) is 3.69. The maximum atomic E-state index is 14.0. The lowest BCUT2D eigenvalue weighted by Crippen LogP contribution is -2.42. The summed E-state index contributed by atoms with van der Waals surface area (Å²) >= 11 is 5.39. The molecule has 2 aliphatic rings. The average molecular weight is 286 g/mol. The SMILES string of the molecule is NC1=Nc2ccc(C(=O)Cl)cc2C2N1CCC2(F)F. The van der Waals surface area contributed by atoms with Crippen molar-refractivity contribution in [2.45, 2.75) is 18.4 Å². The van der Waals surface area contributed by atoms with Gasteiger partial charge in [0.2, 0.25) is 0 Å². The van der Waals surface area contributed by atoms with Crippen molar-refractivity contribution in [2.24, 2.45) is 10.7 Å². The molecule has 0 bridgehead atoms. The standard InChI is InChI=1S/C12H10ClF2N3O/c13-10(19)6-1-2-8-7(5-6)9-12(14,15)3-4-18(9)11(16)17-8/h1-2,5,9H,3-4H2,(H2,16,17). The summed E-state index contributed by atoms with van der Waals surface area (Å²) in [6, 6.07) is 3.14. The molecule has 2 aliphatic heterocycles. The Morgan fingerprint density at radius 3 is 2.95 bits per heavy atom. The number of rotatable bonds is 1. The van der Waals surface area contributed by atoms with Crippen LogP contribution in [0, 0.1) is 0 Å². The van der Waals surface area contributed by atoms with E-state index in [1.54, 1.807) is 0 Å². The Hall–Kier alpha value is -1.69. The fourth-order valence-electron chi connectivity index (χ4n) is 2.59. The Kier molecular flexibility index (Phi) is 2.53. The molecule has 1 atom stereocenters. The van der Waals surface area contributed by atoms with Gasteiger partial charge in [-0.2, -0.15) is 0 Å². The van der Waals surface area contributed by atoms with Crippen LogP contribution in [-0.2, 0) is 0 Å². The molecule has 0 radical (unpaired) electrons. The molecule has 1 fully saturated rings. The summed E-state index contributed by atoms with van der Waals surface area (Å²) in [6.07, 6.45) is -0.285. The van der Waals surface area contributed by atoms with Gasteiger partial charge in [0.05, 0.1) is 5.69 Å². The van der Waals surface area contributed by atoms with Crippen molar-refractivity contribution in [2.75, 3.05) is 6.54 Å². The first-order chi connectivity index (χ1) is 8.90. The van der Waals surface area contributed by atoms with Gasteiger partial charge in [-0.1, -0.05) is 0 Å². The minimum atomic E-state index is -2.90. The predicted octanol–water partition coefficient (Wildman–Crippen LogP) is 2.41. The fraction of sp³-hybridized carbons (Fsp3) is 0.333. The van der Waals surface area contributed by atoms with E-state index in [0.717, 1.165) is 0 Å². The predicted molar refractivity (Wildman–Crippen MR) is 66.9 cm³/mol. The van der Waals surface area contributed by atoms with Gasteiger partial charge in [0, 0.05) is 24.1 Å². The summed E-state index contributed by atoms with van der Waals surface area (Å²) in [5.74, 6) is -2.82. The zero-order valence-electron chi connectivity index (χ0n) is 9.74. The molecular weight excluding hydrogens is 276 g/mol. The van der Waals surface area contributed by atoms with Crippen LogP contribution in [0.4, 0.5) is 14.5 Å². The van der Waals surface area contributed by atoms with E-state index in [-0.39, 0.29) is 24.5 Å². The van der Waals surface area contributed by atoms with Gasteiger partial charge in [-0.25, -0.2) is 13.8 Å². The number of hydrogen-bond donors (Lipinski definition) is 1. The van der Waals surface area contributed by atoms with E-state index >= 15 is 0 Å². The summed E-state index contributed by atoms with van der Waals surface area (Å²) in [5, 5.41) is -0.682. The Balaban J connectivity index is 2.19. The third-order valence-electron chi connectivity index (χ3n) is 3.48. The summed E-state index contributed by atoms with van der Waals surface area (Å²) in [6.45, 7) is 0.144. The molecule has 0 amide bonds. The molecular formula is C12H10ClF2N3O. The molecule has 100 valence electrons. The molecule has 1 aromatic rings. The molecule has 1 aromatic carbocycles. The van der Waals surface area contributed by atoms with Crippen LogP contribution in [-0.4, -0.2) is 28.6 Å². The van der Waals surface area contributed by atoms with Crippen molar-refractivity contribution in [3.05, 3.63) is 29.3 Å². The molecule has 2 heterocycles. The largest absolute Gasteiger partial charge is 0.369 e. The number of benzene rings is 1. The van der Waals surface area contributed by atoms with Gasteiger partial charge in [-0.05, 0) is 29.8 Å². The van der Waals surface area contributed by atoms with Gasteiger partial charge in [-0.3, -0.25) is 4.79 Å². The molecule has 19 heavy (non-hydrogen) atoms. The van der Waals surface area contributed by atoms with Crippen LogP contribution in [0.25, 0.3) is 0 Å². The molecule has 3 rings (SSSR count). The zero-order chi connectivity index (χ0) is 13.8. The number of carbonyl (C=O) groups excluding carboxylic acids is 1. The van der Waals surface area contributed by atoms with Gasteiger partial charge in [0.1, 0.15) is 6.04 Å². The summed E-state index contributed by atoms with van der Waals surface area (Å²) in [7, 11) is 0. The van der Waals surface area contributed by atoms with Gasteiger partial charge >= 0.3 is 0 Å². The van der Waals surface area contributed by atoms with Crippen LogP contribution in [0.15, 0.2) is 23.2 Å². The molecule has 2 N–H and O–H groups in total. The molecule has 1 saturated heterocycles. The topological polar surface area (TPSA) is 58.7 Å². The maximum absolute atomic E-state index is 14.0. The molecule has 0 aliphatic carbocycles. The van der Waals surface area contributed by atoms with E-state index < -0.39 is 17.2 Å². The van der Waals surface area contributed by atoms with Crippen LogP contribution in [0.3, 0.4) is 0 Å². The molecule has 1 unspecified atom stereocenters. The number of alkyl halides is 2. The van der Waals surface area contributed by atoms with Crippen LogP contribution in [0.5, 0.6) is 0 Å². The van der Waals surface area contributed by atoms with Crippen LogP contribution in [0.1, 0.15) is 28.4 Å². The first-order valence-electron chi connectivity index (χ1n) is 5.72. The minimum absolute atomic E-state index is 0.0830. The number of nitrogens with two attached hydrogens (primary N) is 1. The smallest absolute Gasteiger partial charge is 0.274 e. The Bertz CT molecular complexity index is 603. The van der Waals surface area contributed by atoms with E-state index in [9.17, 15) is 13.6 Å². The molecule has 0 aromatic heterocycles. The first kappa shape index (κ1) is 12.3. The molecule has 7 heteroatoms. The lowest BCUT2D eigenvalue weighted by atomic mass is 9.96. The van der Waals surface area contributed by atoms with Crippen molar-refractivity contribution in [1.82, 2.24) is 4.90 Å². The van der Waals surface area contributed by atoms with Crippen molar-refractivity contribution in [3.8, 4) is 0 Å². The second-order valence-corrected chi connectivity index (χ2v) is 4.97. The first-order valence-corrected chi connectivity index (χ1v) is 6.10. The van der Waals surface area contributed by atoms with E-state index in [2.05, 4.69) is 4.99 Å². The van der Waals surface area contributed by atoms with Crippen molar-refractivity contribution >= 4 is 28.5 Å². The highest BCUT2D eigenvalue weighted by atomic mass is 35.5. The summed E-state index contributed by atoms with van der Waals surface area (Å²) in [5.41, 5.74) is 6.54. The van der Waals surface area contributed by atoms with Crippen molar-refractivity contribution in [1.29, 1.82) is 0 Å². The second kappa shape index (κ2) is 3.90. The highest BCUT2D eigenvalue weighted by Crippen LogP contribution is 2.49. The highest BCUT2D eigenvalue weighted by Gasteiger charge is 2.52. The number of nitrogens with zero attached hydrogens (tertiary/aromatic N) is 2. The monoisotopic (exact) mass is 285 g/mol. The van der Waals surface area contributed by atoms with E-state index in [1.165, 1.54) is 23.1 Å². The quantitative estimate of drug-likeness (QED) is 0.806. The fourth-order valence-corrected chi connectivity index (χ4v) is 2.71. The van der Waals surface area contributed by atoms with Crippen LogP contribution >= 0.6 is 11.6 Å². The molecule has 0 spiro atoms.